The van der Waals surface area contributed by atoms with Crippen molar-refractivity contribution in [1.29, 1.82) is 0 Å². The van der Waals surface area contributed by atoms with Gasteiger partial charge in [-0.3, -0.25) is 9.59 Å². The van der Waals surface area contributed by atoms with Crippen molar-refractivity contribution >= 4 is 11.9 Å². The summed E-state index contributed by atoms with van der Waals surface area (Å²) >= 11 is 0. The number of hydrogen-bond acceptors (Lipinski definition) is 6. The Balaban J connectivity index is 2.44. The molecule has 2 fully saturated rings. The molecule has 1 heterocycles. The lowest BCUT2D eigenvalue weighted by Gasteiger charge is -2.50. The van der Waals surface area contributed by atoms with Crippen LogP contribution in [0.5, 0.6) is 0 Å². The van der Waals surface area contributed by atoms with Crippen LogP contribution in [0, 0.1) is 17.8 Å². The van der Waals surface area contributed by atoms with Crippen molar-refractivity contribution in [3.63, 3.8) is 0 Å². The van der Waals surface area contributed by atoms with Crippen LogP contribution in [0.4, 0.5) is 0 Å². The van der Waals surface area contributed by atoms with Crippen LogP contribution in [0.3, 0.4) is 0 Å². The third-order valence-electron chi connectivity index (χ3n) is 5.16. The molecule has 0 radical (unpaired) electrons. The second kappa shape index (κ2) is 8.04. The Morgan fingerprint density at radius 2 is 1.56 bits per heavy atom. The van der Waals surface area contributed by atoms with E-state index in [1.807, 2.05) is 13.8 Å². The van der Waals surface area contributed by atoms with Crippen molar-refractivity contribution < 1.29 is 28.5 Å². The van der Waals surface area contributed by atoms with Crippen molar-refractivity contribution in [1.82, 2.24) is 0 Å². The summed E-state index contributed by atoms with van der Waals surface area (Å²) in [7, 11) is 0. The van der Waals surface area contributed by atoms with Gasteiger partial charge in [-0.2, -0.15) is 0 Å². The fourth-order valence-electron chi connectivity index (χ4n) is 4.46. The zero-order valence-electron chi connectivity index (χ0n) is 16.2. The standard InChI is InChI=1S/C19H32O6/c1-11-7-12(2)18(23-16(6)21)19(17(8-11)10-22-15(5)20)24-13(3)9-14(4)25-19/h11-14,17-18H,7-10H2,1-6H3/t11?,12?,13-,14+,17-,18+,19?/m1/s1. The van der Waals surface area contributed by atoms with Gasteiger partial charge in [0, 0.05) is 13.8 Å². The molecule has 0 aromatic rings. The van der Waals surface area contributed by atoms with Crippen LogP contribution in [-0.4, -0.2) is 42.6 Å². The van der Waals surface area contributed by atoms with Crippen molar-refractivity contribution in [2.45, 2.75) is 84.9 Å². The normalized spacial score (nSPS) is 41.8. The molecule has 0 aromatic heterocycles. The average Bonchev–Trinajstić information content (AvgIpc) is 2.54. The second-order valence-electron chi connectivity index (χ2n) is 7.90. The highest BCUT2D eigenvalue weighted by atomic mass is 16.7. The summed E-state index contributed by atoms with van der Waals surface area (Å²) in [6.07, 6.45) is 1.88. The van der Waals surface area contributed by atoms with Crippen LogP contribution in [0.25, 0.3) is 0 Å². The lowest BCUT2D eigenvalue weighted by Crippen LogP contribution is -2.62. The maximum Gasteiger partial charge on any atom is 0.303 e. The number of rotatable bonds is 3. The zero-order chi connectivity index (χ0) is 18.8. The summed E-state index contributed by atoms with van der Waals surface area (Å²) in [4.78, 5) is 23.2. The Kier molecular flexibility index (Phi) is 6.49. The fourth-order valence-corrected chi connectivity index (χ4v) is 4.46. The van der Waals surface area contributed by atoms with Crippen LogP contribution in [0.2, 0.25) is 0 Å². The van der Waals surface area contributed by atoms with Crippen LogP contribution < -0.4 is 0 Å². The Morgan fingerprint density at radius 3 is 2.08 bits per heavy atom. The topological polar surface area (TPSA) is 71.1 Å². The van der Waals surface area contributed by atoms with E-state index in [-0.39, 0.29) is 42.6 Å². The van der Waals surface area contributed by atoms with Gasteiger partial charge in [0.1, 0.15) is 0 Å². The smallest absolute Gasteiger partial charge is 0.303 e. The maximum atomic E-state index is 11.8. The summed E-state index contributed by atoms with van der Waals surface area (Å²) in [5.74, 6) is -1.49. The largest absolute Gasteiger partial charge is 0.465 e. The molecule has 7 atom stereocenters. The number of carbonyl (C=O) groups excluding carboxylic acids is 2. The molecule has 144 valence electrons. The summed E-state index contributed by atoms with van der Waals surface area (Å²) in [6, 6.07) is 0. The van der Waals surface area contributed by atoms with Gasteiger partial charge in [-0.25, -0.2) is 0 Å². The number of ether oxygens (including phenoxy) is 4. The van der Waals surface area contributed by atoms with E-state index in [2.05, 4.69) is 13.8 Å². The summed E-state index contributed by atoms with van der Waals surface area (Å²) in [5.41, 5.74) is 0. The first-order chi connectivity index (χ1) is 11.6. The molecule has 1 aliphatic heterocycles. The van der Waals surface area contributed by atoms with E-state index in [9.17, 15) is 9.59 Å². The minimum absolute atomic E-state index is 0.0257. The van der Waals surface area contributed by atoms with Crippen LogP contribution in [0.1, 0.15) is 60.8 Å². The predicted molar refractivity (Wildman–Crippen MR) is 91.7 cm³/mol. The Hall–Kier alpha value is -1.14. The molecule has 0 N–H and O–H groups in total. The fraction of sp³-hybridized carbons (Fsp3) is 0.895. The lowest BCUT2D eigenvalue weighted by molar-refractivity contribution is -0.374. The molecule has 1 spiro atoms. The molecule has 2 rings (SSSR count). The SMILES string of the molecule is CC(=O)OC[C@H]1CC(C)CC(C)[C@H](OC(C)=O)C12O[C@H](C)C[C@H](C)O2. The summed E-state index contributed by atoms with van der Waals surface area (Å²) < 4.78 is 23.8. The molecule has 25 heavy (non-hydrogen) atoms. The molecule has 0 amide bonds. The van der Waals surface area contributed by atoms with E-state index >= 15 is 0 Å². The highest BCUT2D eigenvalue weighted by Crippen LogP contribution is 2.47. The molecular formula is C19H32O6. The van der Waals surface area contributed by atoms with E-state index in [1.54, 1.807) is 0 Å². The van der Waals surface area contributed by atoms with Gasteiger partial charge in [-0.05, 0) is 44.9 Å². The molecule has 2 aliphatic rings. The lowest BCUT2D eigenvalue weighted by atomic mass is 9.86. The molecule has 0 bridgehead atoms. The molecule has 1 saturated carbocycles. The van der Waals surface area contributed by atoms with E-state index in [4.69, 9.17) is 18.9 Å². The molecular weight excluding hydrogens is 324 g/mol. The third-order valence-corrected chi connectivity index (χ3v) is 5.16. The van der Waals surface area contributed by atoms with Gasteiger partial charge in [-0.15, -0.1) is 0 Å². The first kappa shape index (κ1) is 20.2. The minimum atomic E-state index is -1.08. The Bertz CT molecular complexity index is 480. The maximum absolute atomic E-state index is 11.8. The third kappa shape index (κ3) is 4.73. The van der Waals surface area contributed by atoms with E-state index in [0.29, 0.717) is 5.92 Å². The quantitative estimate of drug-likeness (QED) is 0.724. The Morgan fingerprint density at radius 1 is 0.960 bits per heavy atom. The first-order valence-electron chi connectivity index (χ1n) is 9.30. The van der Waals surface area contributed by atoms with Gasteiger partial charge in [0.05, 0.1) is 24.7 Å². The highest BCUT2D eigenvalue weighted by molar-refractivity contribution is 5.66. The van der Waals surface area contributed by atoms with E-state index < -0.39 is 11.9 Å². The van der Waals surface area contributed by atoms with Crippen molar-refractivity contribution in [2.75, 3.05) is 6.61 Å². The van der Waals surface area contributed by atoms with Crippen LogP contribution >= 0.6 is 0 Å². The van der Waals surface area contributed by atoms with E-state index in [0.717, 1.165) is 19.3 Å². The molecule has 6 heteroatoms. The molecule has 1 aliphatic carbocycles. The number of carbonyl (C=O) groups is 2. The second-order valence-corrected chi connectivity index (χ2v) is 7.90. The first-order valence-corrected chi connectivity index (χ1v) is 9.30. The molecule has 3 unspecified atom stereocenters. The molecule has 1 saturated heterocycles. The summed E-state index contributed by atoms with van der Waals surface area (Å²) in [5, 5.41) is 0. The van der Waals surface area contributed by atoms with Crippen LogP contribution in [-0.2, 0) is 28.5 Å². The minimum Gasteiger partial charge on any atom is -0.465 e. The van der Waals surface area contributed by atoms with Crippen LogP contribution in [0.15, 0.2) is 0 Å². The number of hydrogen-bond donors (Lipinski definition) is 0. The van der Waals surface area contributed by atoms with Gasteiger partial charge in [0.15, 0.2) is 6.10 Å². The monoisotopic (exact) mass is 356 g/mol. The van der Waals surface area contributed by atoms with Gasteiger partial charge >= 0.3 is 11.9 Å². The Labute approximate surface area is 150 Å². The van der Waals surface area contributed by atoms with E-state index in [1.165, 1.54) is 13.8 Å². The molecule has 0 aromatic carbocycles. The predicted octanol–water partition coefficient (Wildman–Crippen LogP) is 3.07. The summed E-state index contributed by atoms with van der Waals surface area (Å²) in [6.45, 7) is 11.2. The average molecular weight is 356 g/mol. The molecule has 6 nitrogen and oxygen atoms in total. The van der Waals surface area contributed by atoms with Gasteiger partial charge in [-0.1, -0.05) is 13.8 Å². The van der Waals surface area contributed by atoms with Crippen molar-refractivity contribution in [3.05, 3.63) is 0 Å². The van der Waals surface area contributed by atoms with Gasteiger partial charge in [0.2, 0.25) is 5.79 Å². The van der Waals surface area contributed by atoms with Crippen molar-refractivity contribution in [3.8, 4) is 0 Å². The van der Waals surface area contributed by atoms with Gasteiger partial charge in [0.25, 0.3) is 0 Å². The highest BCUT2D eigenvalue weighted by Gasteiger charge is 2.57. The number of esters is 2. The van der Waals surface area contributed by atoms with Crippen molar-refractivity contribution in [2.24, 2.45) is 17.8 Å². The van der Waals surface area contributed by atoms with Gasteiger partial charge < -0.3 is 18.9 Å². The zero-order valence-corrected chi connectivity index (χ0v) is 16.2.